The predicted octanol–water partition coefficient (Wildman–Crippen LogP) is 2.71. The molecule has 4 nitrogen and oxygen atoms in total. The van der Waals surface area contributed by atoms with Gasteiger partial charge in [0.2, 0.25) is 0 Å². The minimum Gasteiger partial charge on any atom is -0.366 e. The number of nitrogens with zero attached hydrogens (tertiary/aromatic N) is 1. The normalized spacial score (nSPS) is 11.3. The molecule has 0 aliphatic carbocycles. The van der Waals surface area contributed by atoms with E-state index in [4.69, 9.17) is 0 Å². The van der Waals surface area contributed by atoms with Gasteiger partial charge in [-0.05, 0) is 43.2 Å². The molecule has 0 bridgehead atoms. The Morgan fingerprint density at radius 1 is 1.15 bits per heavy atom. The van der Waals surface area contributed by atoms with Crippen LogP contribution in [0.1, 0.15) is 16.8 Å². The SMILES string of the molecule is Cc1cccc(NCc2ccc(S(C)(=O)=O)c(C)c2)n1. The van der Waals surface area contributed by atoms with Gasteiger partial charge < -0.3 is 5.32 Å². The summed E-state index contributed by atoms with van der Waals surface area (Å²) in [5, 5.41) is 3.23. The van der Waals surface area contributed by atoms with E-state index in [2.05, 4.69) is 10.3 Å². The number of anilines is 1. The summed E-state index contributed by atoms with van der Waals surface area (Å²) in [5.41, 5.74) is 2.75. The minimum absolute atomic E-state index is 0.384. The molecule has 0 saturated carbocycles. The molecule has 1 heterocycles. The van der Waals surface area contributed by atoms with Crippen molar-refractivity contribution in [1.29, 1.82) is 0 Å². The summed E-state index contributed by atoms with van der Waals surface area (Å²) in [7, 11) is -3.16. The van der Waals surface area contributed by atoms with Crippen LogP contribution in [0.2, 0.25) is 0 Å². The molecular weight excluding hydrogens is 272 g/mol. The van der Waals surface area contributed by atoms with Crippen LogP contribution >= 0.6 is 0 Å². The summed E-state index contributed by atoms with van der Waals surface area (Å²) in [6.07, 6.45) is 1.23. The molecule has 0 spiro atoms. The number of sulfone groups is 1. The van der Waals surface area contributed by atoms with Crippen LogP contribution in [0.25, 0.3) is 0 Å². The van der Waals surface area contributed by atoms with Crippen LogP contribution in [0.15, 0.2) is 41.3 Å². The van der Waals surface area contributed by atoms with Crippen LogP contribution in [0, 0.1) is 13.8 Å². The van der Waals surface area contributed by atoms with Gasteiger partial charge in [0.05, 0.1) is 4.90 Å². The second kappa shape index (κ2) is 5.63. The Balaban J connectivity index is 2.14. The van der Waals surface area contributed by atoms with E-state index in [0.29, 0.717) is 11.4 Å². The van der Waals surface area contributed by atoms with Crippen molar-refractivity contribution in [2.75, 3.05) is 11.6 Å². The van der Waals surface area contributed by atoms with Crippen molar-refractivity contribution in [2.24, 2.45) is 0 Å². The van der Waals surface area contributed by atoms with E-state index in [-0.39, 0.29) is 0 Å². The maximum Gasteiger partial charge on any atom is 0.175 e. The number of pyridine rings is 1. The third-order valence-corrected chi connectivity index (χ3v) is 4.26. The molecule has 0 unspecified atom stereocenters. The fourth-order valence-electron chi connectivity index (χ4n) is 2.07. The standard InChI is InChI=1S/C15H18N2O2S/c1-11-9-13(7-8-14(11)20(3,18)19)10-16-15-6-4-5-12(2)17-15/h4-9H,10H2,1-3H3,(H,16,17). The molecule has 0 aliphatic rings. The Morgan fingerprint density at radius 2 is 1.90 bits per heavy atom. The smallest absolute Gasteiger partial charge is 0.175 e. The lowest BCUT2D eigenvalue weighted by Gasteiger charge is -2.09. The largest absolute Gasteiger partial charge is 0.366 e. The highest BCUT2D eigenvalue weighted by Crippen LogP contribution is 2.17. The number of nitrogens with one attached hydrogen (secondary N) is 1. The topological polar surface area (TPSA) is 59.1 Å². The molecule has 0 radical (unpaired) electrons. The van der Waals surface area contributed by atoms with E-state index < -0.39 is 9.84 Å². The van der Waals surface area contributed by atoms with Crippen LogP contribution in [0.3, 0.4) is 0 Å². The fourth-order valence-corrected chi connectivity index (χ4v) is 3.03. The quantitative estimate of drug-likeness (QED) is 0.940. The first-order valence-corrected chi connectivity index (χ1v) is 8.22. The van der Waals surface area contributed by atoms with Gasteiger partial charge in [-0.2, -0.15) is 0 Å². The highest BCUT2D eigenvalue weighted by atomic mass is 32.2. The van der Waals surface area contributed by atoms with Gasteiger partial charge in [0.25, 0.3) is 0 Å². The molecule has 1 aromatic carbocycles. The maximum absolute atomic E-state index is 11.6. The maximum atomic E-state index is 11.6. The van der Waals surface area contributed by atoms with Gasteiger partial charge in [0.1, 0.15) is 5.82 Å². The Morgan fingerprint density at radius 3 is 2.50 bits per heavy atom. The second-order valence-electron chi connectivity index (χ2n) is 4.89. The summed E-state index contributed by atoms with van der Waals surface area (Å²) in [4.78, 5) is 4.74. The molecule has 20 heavy (non-hydrogen) atoms. The lowest BCUT2D eigenvalue weighted by Crippen LogP contribution is -2.04. The zero-order chi connectivity index (χ0) is 14.8. The van der Waals surface area contributed by atoms with Gasteiger partial charge in [-0.1, -0.05) is 18.2 Å². The van der Waals surface area contributed by atoms with Gasteiger partial charge in [-0.25, -0.2) is 13.4 Å². The monoisotopic (exact) mass is 290 g/mol. The molecule has 1 N–H and O–H groups in total. The van der Waals surface area contributed by atoms with Crippen LogP contribution < -0.4 is 5.32 Å². The van der Waals surface area contributed by atoms with Crippen LogP contribution in [0.5, 0.6) is 0 Å². The molecular formula is C15H18N2O2S. The average molecular weight is 290 g/mol. The number of hydrogen-bond donors (Lipinski definition) is 1. The number of aromatic nitrogens is 1. The third kappa shape index (κ3) is 3.57. The molecule has 0 aliphatic heterocycles. The van der Waals surface area contributed by atoms with E-state index in [9.17, 15) is 8.42 Å². The Labute approximate surface area is 119 Å². The molecule has 2 aromatic rings. The lowest BCUT2D eigenvalue weighted by atomic mass is 10.1. The van der Waals surface area contributed by atoms with Crippen LogP contribution in [-0.2, 0) is 16.4 Å². The summed E-state index contributed by atoms with van der Waals surface area (Å²) < 4.78 is 23.1. The first kappa shape index (κ1) is 14.5. The van der Waals surface area contributed by atoms with Gasteiger partial charge in [0, 0.05) is 18.5 Å². The number of benzene rings is 1. The molecule has 0 atom stereocenters. The summed E-state index contributed by atoms with van der Waals surface area (Å²) >= 11 is 0. The summed E-state index contributed by atoms with van der Waals surface area (Å²) in [5.74, 6) is 0.815. The minimum atomic E-state index is -3.16. The van der Waals surface area contributed by atoms with E-state index in [1.165, 1.54) is 6.26 Å². The average Bonchev–Trinajstić information content (AvgIpc) is 2.35. The molecule has 0 amide bonds. The van der Waals surface area contributed by atoms with E-state index in [1.54, 1.807) is 6.07 Å². The molecule has 0 saturated heterocycles. The first-order chi connectivity index (χ1) is 9.36. The highest BCUT2D eigenvalue weighted by molar-refractivity contribution is 7.90. The number of aryl methyl sites for hydroxylation is 2. The Hall–Kier alpha value is -1.88. The van der Waals surface area contributed by atoms with Gasteiger partial charge in [0.15, 0.2) is 9.84 Å². The van der Waals surface area contributed by atoms with E-state index >= 15 is 0 Å². The first-order valence-electron chi connectivity index (χ1n) is 6.33. The zero-order valence-corrected chi connectivity index (χ0v) is 12.7. The van der Waals surface area contributed by atoms with Crippen LogP contribution in [0.4, 0.5) is 5.82 Å². The van der Waals surface area contributed by atoms with E-state index in [0.717, 1.165) is 22.6 Å². The molecule has 1 aromatic heterocycles. The van der Waals surface area contributed by atoms with Gasteiger partial charge in [-0.3, -0.25) is 0 Å². The van der Waals surface area contributed by atoms with Crippen molar-refractivity contribution >= 4 is 15.7 Å². The van der Waals surface area contributed by atoms with Crippen molar-refractivity contribution in [3.63, 3.8) is 0 Å². The number of hydrogen-bond acceptors (Lipinski definition) is 4. The Bertz CT molecular complexity index is 724. The molecule has 5 heteroatoms. The van der Waals surface area contributed by atoms with Gasteiger partial charge >= 0.3 is 0 Å². The highest BCUT2D eigenvalue weighted by Gasteiger charge is 2.10. The predicted molar refractivity (Wildman–Crippen MR) is 80.6 cm³/mol. The third-order valence-electron chi connectivity index (χ3n) is 3.00. The second-order valence-corrected chi connectivity index (χ2v) is 6.87. The summed E-state index contributed by atoms with van der Waals surface area (Å²) in [6, 6.07) is 11.2. The fraction of sp³-hybridized carbons (Fsp3) is 0.267. The number of rotatable bonds is 4. The molecule has 0 fully saturated rings. The Kier molecular flexibility index (Phi) is 4.09. The zero-order valence-electron chi connectivity index (χ0n) is 11.8. The van der Waals surface area contributed by atoms with Crippen molar-refractivity contribution < 1.29 is 8.42 Å². The van der Waals surface area contributed by atoms with E-state index in [1.807, 2.05) is 44.2 Å². The van der Waals surface area contributed by atoms with Gasteiger partial charge in [-0.15, -0.1) is 0 Å². The van der Waals surface area contributed by atoms with Crippen molar-refractivity contribution in [1.82, 2.24) is 4.98 Å². The van der Waals surface area contributed by atoms with Crippen molar-refractivity contribution in [3.8, 4) is 0 Å². The van der Waals surface area contributed by atoms with Crippen molar-refractivity contribution in [3.05, 3.63) is 53.2 Å². The molecule has 106 valence electrons. The van der Waals surface area contributed by atoms with Crippen molar-refractivity contribution in [2.45, 2.75) is 25.3 Å². The molecule has 2 rings (SSSR count). The summed E-state index contributed by atoms with van der Waals surface area (Å²) in [6.45, 7) is 4.36. The van der Waals surface area contributed by atoms with Crippen LogP contribution in [-0.4, -0.2) is 19.7 Å². The lowest BCUT2D eigenvalue weighted by molar-refractivity contribution is 0.601.